The third kappa shape index (κ3) is 4.92. The molecular weight excluding hydrogens is 426 g/mol. The van der Waals surface area contributed by atoms with Gasteiger partial charge in [-0.15, -0.1) is 10.2 Å². The van der Waals surface area contributed by atoms with Crippen LogP contribution >= 0.6 is 23.4 Å². The zero-order chi connectivity index (χ0) is 21.8. The van der Waals surface area contributed by atoms with Crippen molar-refractivity contribution in [2.45, 2.75) is 36.8 Å². The fourth-order valence-electron chi connectivity index (χ4n) is 3.73. The number of hydrogen-bond donors (Lipinski definition) is 0. The number of fused-ring (bicyclic) bond motifs is 1. The Hall–Kier alpha value is -2.41. The average molecular weight is 452 g/mol. The summed E-state index contributed by atoms with van der Waals surface area (Å²) in [5.41, 5.74) is 3.14. The number of thioether (sulfide) groups is 1. The van der Waals surface area contributed by atoms with Crippen molar-refractivity contribution < 1.29 is 0 Å². The van der Waals surface area contributed by atoms with Gasteiger partial charge in [0.25, 0.3) is 0 Å². The first-order valence-electron chi connectivity index (χ1n) is 10.4. The predicted octanol–water partition coefficient (Wildman–Crippen LogP) is 5.83. The van der Waals surface area contributed by atoms with E-state index in [9.17, 15) is 0 Å². The van der Waals surface area contributed by atoms with Crippen LogP contribution in [-0.2, 0) is 12.3 Å². The van der Waals surface area contributed by atoms with Crippen LogP contribution in [0, 0.1) is 0 Å². The standard InChI is InChI=1S/C24H26ClN5S/c1-4-21(29(2)3)23-27-28-24(30(23)15-17-10-6-5-7-11-17)31-16-19-14-18-12-8-9-13-20(18)26-22(19)25/h5-14,21H,4,15-16H2,1-3H3. The van der Waals surface area contributed by atoms with Gasteiger partial charge in [0, 0.05) is 16.7 Å². The summed E-state index contributed by atoms with van der Waals surface area (Å²) in [6, 6.07) is 20.8. The van der Waals surface area contributed by atoms with Gasteiger partial charge in [-0.2, -0.15) is 0 Å². The first kappa shape index (κ1) is 21.8. The minimum absolute atomic E-state index is 0.205. The molecule has 0 amide bonds. The molecule has 0 fully saturated rings. The molecule has 5 nitrogen and oxygen atoms in total. The minimum Gasteiger partial charge on any atom is -0.300 e. The number of para-hydroxylation sites is 1. The molecular formula is C24H26ClN5S. The normalized spacial score (nSPS) is 12.5. The lowest BCUT2D eigenvalue weighted by molar-refractivity contribution is 0.272. The van der Waals surface area contributed by atoms with Crippen LogP contribution in [0.3, 0.4) is 0 Å². The maximum Gasteiger partial charge on any atom is 0.191 e. The van der Waals surface area contributed by atoms with Crippen molar-refractivity contribution >= 4 is 34.3 Å². The second kappa shape index (κ2) is 9.81. The number of halogens is 1. The summed E-state index contributed by atoms with van der Waals surface area (Å²) >= 11 is 8.13. The van der Waals surface area contributed by atoms with Crippen molar-refractivity contribution in [2.75, 3.05) is 14.1 Å². The summed E-state index contributed by atoms with van der Waals surface area (Å²) in [7, 11) is 4.17. The Morgan fingerprint density at radius 3 is 2.52 bits per heavy atom. The average Bonchev–Trinajstić information content (AvgIpc) is 3.15. The quantitative estimate of drug-likeness (QED) is 0.249. The van der Waals surface area contributed by atoms with Crippen molar-refractivity contribution in [3.63, 3.8) is 0 Å². The monoisotopic (exact) mass is 451 g/mol. The summed E-state index contributed by atoms with van der Waals surface area (Å²) in [6.45, 7) is 2.92. The van der Waals surface area contributed by atoms with Crippen LogP contribution in [0.15, 0.2) is 65.8 Å². The lowest BCUT2D eigenvalue weighted by Crippen LogP contribution is -2.23. The van der Waals surface area contributed by atoms with Crippen molar-refractivity contribution in [1.29, 1.82) is 0 Å². The van der Waals surface area contributed by atoms with E-state index in [0.29, 0.717) is 10.9 Å². The summed E-state index contributed by atoms with van der Waals surface area (Å²) in [4.78, 5) is 6.75. The molecule has 0 bridgehead atoms. The van der Waals surface area contributed by atoms with Crippen LogP contribution in [0.25, 0.3) is 10.9 Å². The van der Waals surface area contributed by atoms with E-state index in [0.717, 1.165) is 40.4 Å². The molecule has 1 unspecified atom stereocenters. The number of rotatable bonds is 8. The Bertz CT molecular complexity index is 1160. The topological polar surface area (TPSA) is 46.8 Å². The number of pyridine rings is 1. The Kier molecular flexibility index (Phi) is 6.90. The van der Waals surface area contributed by atoms with E-state index in [2.05, 4.69) is 82.1 Å². The summed E-state index contributed by atoms with van der Waals surface area (Å²) in [5, 5.41) is 11.7. The van der Waals surface area contributed by atoms with Gasteiger partial charge in [0.1, 0.15) is 5.15 Å². The maximum atomic E-state index is 6.48. The molecule has 0 radical (unpaired) electrons. The summed E-state index contributed by atoms with van der Waals surface area (Å²) in [5.74, 6) is 1.67. The molecule has 2 aromatic heterocycles. The van der Waals surface area contributed by atoms with Gasteiger partial charge in [0.05, 0.1) is 18.1 Å². The molecule has 0 spiro atoms. The zero-order valence-electron chi connectivity index (χ0n) is 18.0. The summed E-state index contributed by atoms with van der Waals surface area (Å²) in [6.07, 6.45) is 0.963. The van der Waals surface area contributed by atoms with Crippen LogP contribution in [-0.4, -0.2) is 38.7 Å². The minimum atomic E-state index is 0.205. The molecule has 0 saturated heterocycles. The van der Waals surface area contributed by atoms with E-state index in [-0.39, 0.29) is 6.04 Å². The molecule has 2 aromatic carbocycles. The van der Waals surface area contributed by atoms with Crippen LogP contribution in [0.5, 0.6) is 0 Å². The van der Waals surface area contributed by atoms with Gasteiger partial charge in [-0.05, 0) is 38.2 Å². The highest BCUT2D eigenvalue weighted by Crippen LogP contribution is 2.30. The van der Waals surface area contributed by atoms with Gasteiger partial charge in [-0.1, -0.05) is 78.8 Å². The highest BCUT2D eigenvalue weighted by molar-refractivity contribution is 7.98. The van der Waals surface area contributed by atoms with Crippen LogP contribution in [0.4, 0.5) is 0 Å². The van der Waals surface area contributed by atoms with Crippen molar-refractivity contribution in [3.05, 3.63) is 82.8 Å². The van der Waals surface area contributed by atoms with Crippen LogP contribution in [0.2, 0.25) is 5.15 Å². The molecule has 0 aliphatic carbocycles. The smallest absolute Gasteiger partial charge is 0.191 e. The highest BCUT2D eigenvalue weighted by atomic mass is 35.5. The maximum absolute atomic E-state index is 6.48. The number of aromatic nitrogens is 4. The van der Waals surface area contributed by atoms with Gasteiger partial charge in [-0.25, -0.2) is 4.98 Å². The number of nitrogens with zero attached hydrogens (tertiary/aromatic N) is 5. The van der Waals surface area contributed by atoms with Crippen molar-refractivity contribution in [2.24, 2.45) is 0 Å². The number of benzene rings is 2. The second-order valence-electron chi connectivity index (χ2n) is 7.72. The molecule has 0 N–H and O–H groups in total. The van der Waals surface area contributed by atoms with E-state index in [1.807, 2.05) is 24.3 Å². The molecule has 4 rings (SSSR count). The summed E-state index contributed by atoms with van der Waals surface area (Å²) < 4.78 is 2.23. The van der Waals surface area contributed by atoms with Gasteiger partial charge in [-0.3, -0.25) is 4.90 Å². The van der Waals surface area contributed by atoms with E-state index >= 15 is 0 Å². The Balaban J connectivity index is 1.64. The molecule has 160 valence electrons. The van der Waals surface area contributed by atoms with Crippen molar-refractivity contribution in [1.82, 2.24) is 24.6 Å². The fraction of sp³-hybridized carbons (Fsp3) is 0.292. The van der Waals surface area contributed by atoms with E-state index in [4.69, 9.17) is 11.6 Å². The van der Waals surface area contributed by atoms with Crippen molar-refractivity contribution in [3.8, 4) is 0 Å². The number of hydrogen-bond acceptors (Lipinski definition) is 5. The SMILES string of the molecule is CCC(c1nnc(SCc2cc3ccccc3nc2Cl)n1Cc1ccccc1)N(C)C. The van der Waals surface area contributed by atoms with Gasteiger partial charge >= 0.3 is 0 Å². The largest absolute Gasteiger partial charge is 0.300 e. The second-order valence-corrected chi connectivity index (χ2v) is 9.02. The molecule has 0 saturated carbocycles. The van der Waals surface area contributed by atoms with E-state index < -0.39 is 0 Å². The lowest BCUT2D eigenvalue weighted by atomic mass is 10.2. The third-order valence-electron chi connectivity index (χ3n) is 5.34. The zero-order valence-corrected chi connectivity index (χ0v) is 19.6. The molecule has 7 heteroatoms. The Morgan fingerprint density at radius 1 is 1.03 bits per heavy atom. The van der Waals surface area contributed by atoms with E-state index in [1.165, 1.54) is 5.56 Å². The molecule has 0 aliphatic heterocycles. The highest BCUT2D eigenvalue weighted by Gasteiger charge is 2.22. The van der Waals surface area contributed by atoms with Gasteiger partial charge in [0.15, 0.2) is 11.0 Å². The molecule has 1 atom stereocenters. The van der Waals surface area contributed by atoms with Gasteiger partial charge < -0.3 is 4.57 Å². The molecule has 31 heavy (non-hydrogen) atoms. The molecule has 0 aliphatic rings. The van der Waals surface area contributed by atoms with Crippen LogP contribution < -0.4 is 0 Å². The fourth-order valence-corrected chi connectivity index (χ4v) is 4.94. The Morgan fingerprint density at radius 2 is 1.77 bits per heavy atom. The molecule has 2 heterocycles. The first-order chi connectivity index (χ1) is 15.1. The van der Waals surface area contributed by atoms with E-state index in [1.54, 1.807) is 11.8 Å². The predicted molar refractivity (Wildman–Crippen MR) is 129 cm³/mol. The van der Waals surface area contributed by atoms with Gasteiger partial charge in [0.2, 0.25) is 0 Å². The lowest BCUT2D eigenvalue weighted by Gasteiger charge is -2.23. The third-order valence-corrected chi connectivity index (χ3v) is 6.69. The molecule has 4 aromatic rings. The Labute approximate surface area is 192 Å². The van der Waals surface area contributed by atoms with Crippen LogP contribution in [0.1, 0.15) is 36.3 Å². The first-order valence-corrected chi connectivity index (χ1v) is 11.7.